The molecule has 0 aromatic carbocycles. The van der Waals surface area contributed by atoms with E-state index in [4.69, 9.17) is 16.3 Å². The van der Waals surface area contributed by atoms with Crippen molar-refractivity contribution in [2.75, 3.05) is 19.1 Å². The monoisotopic (exact) mass is 219 g/mol. The molecule has 0 spiro atoms. The van der Waals surface area contributed by atoms with Crippen molar-refractivity contribution >= 4 is 17.5 Å². The Bertz CT molecular complexity index is 191. The van der Waals surface area contributed by atoms with Crippen molar-refractivity contribution in [2.45, 2.75) is 38.1 Å². The molecule has 1 fully saturated rings. The molecule has 1 amide bonds. The van der Waals surface area contributed by atoms with Gasteiger partial charge in [-0.1, -0.05) is 0 Å². The Kier molecular flexibility index (Phi) is 4.69. The first-order valence-corrected chi connectivity index (χ1v) is 5.64. The van der Waals surface area contributed by atoms with Gasteiger partial charge in [0.05, 0.1) is 12.1 Å². The highest BCUT2D eigenvalue weighted by Crippen LogP contribution is 2.17. The van der Waals surface area contributed by atoms with Crippen LogP contribution in [-0.4, -0.2) is 30.5 Å². The van der Waals surface area contributed by atoms with E-state index in [0.29, 0.717) is 18.9 Å². The fourth-order valence-corrected chi connectivity index (χ4v) is 1.73. The third-order valence-electron chi connectivity index (χ3n) is 2.45. The van der Waals surface area contributed by atoms with Crippen molar-refractivity contribution in [1.82, 2.24) is 5.32 Å². The van der Waals surface area contributed by atoms with E-state index in [2.05, 4.69) is 5.32 Å². The van der Waals surface area contributed by atoms with E-state index in [0.717, 1.165) is 25.9 Å². The molecule has 1 heterocycles. The predicted molar refractivity (Wildman–Crippen MR) is 56.6 cm³/mol. The maximum absolute atomic E-state index is 11.5. The summed E-state index contributed by atoms with van der Waals surface area (Å²) < 4.78 is 5.25. The second kappa shape index (κ2) is 5.56. The molecule has 0 radical (unpaired) electrons. The third-order valence-corrected chi connectivity index (χ3v) is 2.71. The van der Waals surface area contributed by atoms with Crippen LogP contribution in [0.2, 0.25) is 0 Å². The summed E-state index contributed by atoms with van der Waals surface area (Å²) in [5, 5.41) is 3.01. The molecule has 1 N–H and O–H groups in total. The van der Waals surface area contributed by atoms with E-state index in [9.17, 15) is 4.79 Å². The number of carbonyl (C=O) groups excluding carboxylic acids is 1. The van der Waals surface area contributed by atoms with Gasteiger partial charge in [-0.2, -0.15) is 0 Å². The molecule has 1 saturated heterocycles. The maximum atomic E-state index is 11.5. The van der Waals surface area contributed by atoms with Crippen LogP contribution in [0.5, 0.6) is 0 Å². The number of amides is 1. The minimum absolute atomic E-state index is 0.114. The van der Waals surface area contributed by atoms with Crippen molar-refractivity contribution < 1.29 is 9.53 Å². The Hall–Kier alpha value is -0.280. The molecule has 1 aliphatic heterocycles. The lowest BCUT2D eigenvalue weighted by Gasteiger charge is -2.23. The molecule has 82 valence electrons. The van der Waals surface area contributed by atoms with Gasteiger partial charge in [0, 0.05) is 18.9 Å². The quantitative estimate of drug-likeness (QED) is 0.565. The zero-order valence-electron chi connectivity index (χ0n) is 8.64. The van der Waals surface area contributed by atoms with Gasteiger partial charge >= 0.3 is 0 Å². The highest BCUT2D eigenvalue weighted by atomic mass is 35.5. The maximum Gasteiger partial charge on any atom is 0.220 e. The van der Waals surface area contributed by atoms with Crippen molar-refractivity contribution in [3.05, 3.63) is 0 Å². The molecule has 0 aromatic rings. The van der Waals surface area contributed by atoms with Gasteiger partial charge in [0.25, 0.3) is 0 Å². The zero-order chi connectivity index (χ0) is 10.4. The molecule has 1 rings (SSSR count). The number of ether oxygens (including phenoxy) is 1. The Balaban J connectivity index is 2.19. The van der Waals surface area contributed by atoms with Gasteiger partial charge in [-0.25, -0.2) is 0 Å². The summed E-state index contributed by atoms with van der Waals surface area (Å²) in [6.45, 7) is 3.41. The number of carbonyl (C=O) groups is 1. The van der Waals surface area contributed by atoms with Crippen molar-refractivity contribution in [2.24, 2.45) is 0 Å². The first kappa shape index (κ1) is 11.8. The fourth-order valence-electron chi connectivity index (χ4n) is 1.54. The molecule has 1 aliphatic rings. The van der Waals surface area contributed by atoms with Crippen molar-refractivity contribution in [1.29, 1.82) is 0 Å². The topological polar surface area (TPSA) is 38.3 Å². The molecule has 0 bridgehead atoms. The number of hydrogen-bond donors (Lipinski definition) is 1. The number of rotatable bonds is 5. The second-order valence-corrected chi connectivity index (χ2v) is 4.44. The van der Waals surface area contributed by atoms with E-state index < -0.39 is 0 Å². The van der Waals surface area contributed by atoms with Gasteiger partial charge in [0.2, 0.25) is 5.91 Å². The Morgan fingerprint density at radius 3 is 2.93 bits per heavy atom. The smallest absolute Gasteiger partial charge is 0.220 e. The Labute approximate surface area is 90.1 Å². The predicted octanol–water partition coefficient (Wildman–Crippen LogP) is 1.69. The van der Waals surface area contributed by atoms with Gasteiger partial charge in [0.15, 0.2) is 0 Å². The Morgan fingerprint density at radius 1 is 1.57 bits per heavy atom. The van der Waals surface area contributed by atoms with Crippen LogP contribution in [0.15, 0.2) is 0 Å². The van der Waals surface area contributed by atoms with Crippen LogP contribution in [0.1, 0.15) is 32.6 Å². The number of hydrogen-bond acceptors (Lipinski definition) is 2. The van der Waals surface area contributed by atoms with Crippen molar-refractivity contribution in [3.63, 3.8) is 0 Å². The highest BCUT2D eigenvalue weighted by molar-refractivity contribution is 6.17. The van der Waals surface area contributed by atoms with E-state index >= 15 is 0 Å². The zero-order valence-corrected chi connectivity index (χ0v) is 9.40. The minimum Gasteiger partial charge on any atom is -0.379 e. The van der Waals surface area contributed by atoms with Gasteiger partial charge in [-0.3, -0.25) is 4.79 Å². The highest BCUT2D eigenvalue weighted by Gasteiger charge is 2.30. The standard InChI is InChI=1S/C10H18ClNO2/c1-10(5-7-14-8-10)12-9(13)4-2-3-6-11/h2-8H2,1H3,(H,12,13). The average molecular weight is 220 g/mol. The van der Waals surface area contributed by atoms with E-state index in [1.165, 1.54) is 0 Å². The van der Waals surface area contributed by atoms with Crippen LogP contribution in [-0.2, 0) is 9.53 Å². The number of alkyl halides is 1. The molecular weight excluding hydrogens is 202 g/mol. The number of unbranched alkanes of at least 4 members (excludes halogenated alkanes) is 1. The summed E-state index contributed by atoms with van der Waals surface area (Å²) >= 11 is 5.53. The van der Waals surface area contributed by atoms with Crippen LogP contribution >= 0.6 is 11.6 Å². The summed E-state index contributed by atoms with van der Waals surface area (Å²) in [5.41, 5.74) is -0.141. The molecule has 1 unspecified atom stereocenters. The largest absolute Gasteiger partial charge is 0.379 e. The molecular formula is C10H18ClNO2. The van der Waals surface area contributed by atoms with Gasteiger partial charge in [0.1, 0.15) is 0 Å². The summed E-state index contributed by atoms with van der Waals surface area (Å²) in [6, 6.07) is 0. The first-order chi connectivity index (χ1) is 6.66. The van der Waals surface area contributed by atoms with Gasteiger partial charge in [-0.15, -0.1) is 11.6 Å². The Morgan fingerprint density at radius 2 is 2.36 bits per heavy atom. The van der Waals surface area contributed by atoms with Crippen LogP contribution < -0.4 is 5.32 Å². The van der Waals surface area contributed by atoms with E-state index in [-0.39, 0.29) is 11.4 Å². The molecule has 3 nitrogen and oxygen atoms in total. The van der Waals surface area contributed by atoms with E-state index in [1.807, 2.05) is 6.92 Å². The molecule has 0 aliphatic carbocycles. The van der Waals surface area contributed by atoms with Gasteiger partial charge in [-0.05, 0) is 26.2 Å². The lowest BCUT2D eigenvalue weighted by atomic mass is 10.0. The summed E-state index contributed by atoms with van der Waals surface area (Å²) in [7, 11) is 0. The van der Waals surface area contributed by atoms with Gasteiger partial charge < -0.3 is 10.1 Å². The van der Waals surface area contributed by atoms with Crippen LogP contribution in [0.25, 0.3) is 0 Å². The molecule has 14 heavy (non-hydrogen) atoms. The second-order valence-electron chi connectivity index (χ2n) is 4.06. The summed E-state index contributed by atoms with van der Waals surface area (Å²) in [5.74, 6) is 0.747. The normalized spacial score (nSPS) is 26.4. The number of nitrogens with one attached hydrogen (secondary N) is 1. The average Bonchev–Trinajstić information content (AvgIpc) is 2.52. The molecule has 0 saturated carbocycles. The first-order valence-electron chi connectivity index (χ1n) is 5.11. The van der Waals surface area contributed by atoms with Crippen LogP contribution in [0, 0.1) is 0 Å². The third kappa shape index (κ3) is 3.84. The molecule has 1 atom stereocenters. The van der Waals surface area contributed by atoms with Crippen LogP contribution in [0.3, 0.4) is 0 Å². The SMILES string of the molecule is CC1(NC(=O)CCCCCl)CCOC1. The summed E-state index contributed by atoms with van der Waals surface area (Å²) in [4.78, 5) is 11.5. The molecule has 4 heteroatoms. The number of halogens is 1. The lowest BCUT2D eigenvalue weighted by Crippen LogP contribution is -2.46. The van der Waals surface area contributed by atoms with E-state index in [1.54, 1.807) is 0 Å². The molecule has 0 aromatic heterocycles. The lowest BCUT2D eigenvalue weighted by molar-refractivity contribution is -0.123. The fraction of sp³-hybridized carbons (Fsp3) is 0.900. The van der Waals surface area contributed by atoms with Crippen molar-refractivity contribution in [3.8, 4) is 0 Å². The minimum atomic E-state index is -0.141. The van der Waals surface area contributed by atoms with Crippen LogP contribution in [0.4, 0.5) is 0 Å². The summed E-state index contributed by atoms with van der Waals surface area (Å²) in [6.07, 6.45) is 3.25.